The van der Waals surface area contributed by atoms with E-state index in [1.54, 1.807) is 18.2 Å². The number of halogens is 1. The normalized spacial score (nSPS) is 15.9. The molecule has 1 aromatic rings. The molecule has 0 saturated carbocycles. The Morgan fingerprint density at radius 1 is 1.18 bits per heavy atom. The summed E-state index contributed by atoms with van der Waals surface area (Å²) in [4.78, 5) is 0.172. The minimum atomic E-state index is -3.70. The van der Waals surface area contributed by atoms with Crippen molar-refractivity contribution in [3.05, 3.63) is 29.8 Å². The molecule has 1 rings (SSSR count). The summed E-state index contributed by atoms with van der Waals surface area (Å²) < 4.78 is 23.1. The molecule has 96 valence electrons. The molecule has 2 atom stereocenters. The van der Waals surface area contributed by atoms with Gasteiger partial charge in [-0.2, -0.15) is 0 Å². The van der Waals surface area contributed by atoms with Gasteiger partial charge in [0.1, 0.15) is 0 Å². The summed E-state index contributed by atoms with van der Waals surface area (Å²) in [5.41, 5.74) is 0.701. The summed E-state index contributed by atoms with van der Waals surface area (Å²) in [6.07, 6.45) is 0. The van der Waals surface area contributed by atoms with Crippen molar-refractivity contribution in [2.24, 2.45) is 11.1 Å². The number of alkyl halides is 1. The summed E-state index contributed by atoms with van der Waals surface area (Å²) >= 11 is 6.16. The molecule has 5 heteroatoms. The van der Waals surface area contributed by atoms with E-state index in [1.807, 2.05) is 20.8 Å². The monoisotopic (exact) mass is 275 g/mol. The maximum Gasteiger partial charge on any atom is 0.238 e. The fourth-order valence-electron chi connectivity index (χ4n) is 2.15. The molecule has 0 aliphatic carbocycles. The van der Waals surface area contributed by atoms with Crippen LogP contribution >= 0.6 is 11.6 Å². The highest BCUT2D eigenvalue weighted by molar-refractivity contribution is 7.89. The van der Waals surface area contributed by atoms with Crippen LogP contribution in [-0.2, 0) is 10.0 Å². The molecule has 0 heterocycles. The Balaban J connectivity index is 3.39. The zero-order valence-corrected chi connectivity index (χ0v) is 11.8. The lowest BCUT2D eigenvalue weighted by Gasteiger charge is -2.25. The van der Waals surface area contributed by atoms with Gasteiger partial charge in [-0.1, -0.05) is 32.0 Å². The van der Waals surface area contributed by atoms with Crippen molar-refractivity contribution in [3.8, 4) is 0 Å². The average Bonchev–Trinajstić information content (AvgIpc) is 2.15. The van der Waals surface area contributed by atoms with Crippen LogP contribution in [0.4, 0.5) is 0 Å². The van der Waals surface area contributed by atoms with Gasteiger partial charge in [-0.15, -0.1) is 11.6 Å². The van der Waals surface area contributed by atoms with Crippen LogP contribution < -0.4 is 5.14 Å². The molecule has 0 spiro atoms. The summed E-state index contributed by atoms with van der Waals surface area (Å²) in [7, 11) is -3.70. The molecule has 0 aliphatic rings. The van der Waals surface area contributed by atoms with Crippen LogP contribution in [-0.4, -0.2) is 13.8 Å². The predicted octanol–water partition coefficient (Wildman–Crippen LogP) is 2.70. The zero-order valence-electron chi connectivity index (χ0n) is 10.2. The molecule has 0 fully saturated rings. The van der Waals surface area contributed by atoms with Crippen molar-refractivity contribution >= 4 is 21.6 Å². The molecule has 0 radical (unpaired) electrons. The topological polar surface area (TPSA) is 60.2 Å². The van der Waals surface area contributed by atoms with Gasteiger partial charge in [0, 0.05) is 11.3 Å². The standard InChI is InChI=1S/C12H18ClNO2S/c1-8(2)12(9(3)13)10-6-4-5-7-11(10)17(14,15)16/h4-9,12H,1-3H3,(H2,14,15,16). The Morgan fingerprint density at radius 2 is 1.71 bits per heavy atom. The molecular formula is C12H18ClNO2S. The van der Waals surface area contributed by atoms with Crippen molar-refractivity contribution in [1.82, 2.24) is 0 Å². The number of benzene rings is 1. The second kappa shape index (κ2) is 5.38. The molecule has 2 N–H and O–H groups in total. The Hall–Kier alpha value is -0.580. The van der Waals surface area contributed by atoms with Crippen LogP contribution in [0.25, 0.3) is 0 Å². The van der Waals surface area contributed by atoms with Gasteiger partial charge in [0.25, 0.3) is 0 Å². The molecule has 0 aliphatic heterocycles. The summed E-state index contributed by atoms with van der Waals surface area (Å²) in [6, 6.07) is 6.78. The lowest BCUT2D eigenvalue weighted by atomic mass is 9.86. The zero-order chi connectivity index (χ0) is 13.2. The summed E-state index contributed by atoms with van der Waals surface area (Å²) in [5, 5.41) is 5.07. The van der Waals surface area contributed by atoms with E-state index < -0.39 is 10.0 Å². The lowest BCUT2D eigenvalue weighted by Crippen LogP contribution is -2.21. The van der Waals surface area contributed by atoms with Gasteiger partial charge in [-0.3, -0.25) is 0 Å². The van der Waals surface area contributed by atoms with E-state index in [0.717, 1.165) is 0 Å². The molecule has 1 aromatic carbocycles. The fraction of sp³-hybridized carbons (Fsp3) is 0.500. The molecule has 0 bridgehead atoms. The van der Waals surface area contributed by atoms with E-state index in [-0.39, 0.29) is 22.1 Å². The highest BCUT2D eigenvalue weighted by Gasteiger charge is 2.26. The van der Waals surface area contributed by atoms with Crippen LogP contribution in [0, 0.1) is 5.92 Å². The van der Waals surface area contributed by atoms with E-state index in [4.69, 9.17) is 16.7 Å². The van der Waals surface area contributed by atoms with Gasteiger partial charge in [-0.05, 0) is 24.5 Å². The molecule has 3 nitrogen and oxygen atoms in total. The number of nitrogens with two attached hydrogens (primary N) is 1. The smallest absolute Gasteiger partial charge is 0.225 e. The first-order valence-electron chi connectivity index (χ1n) is 5.51. The van der Waals surface area contributed by atoms with E-state index in [2.05, 4.69) is 0 Å². The molecular weight excluding hydrogens is 258 g/mol. The molecule has 2 unspecified atom stereocenters. The van der Waals surface area contributed by atoms with Gasteiger partial charge in [-0.25, -0.2) is 13.6 Å². The van der Waals surface area contributed by atoms with E-state index >= 15 is 0 Å². The predicted molar refractivity (Wildman–Crippen MR) is 70.7 cm³/mol. The van der Waals surface area contributed by atoms with E-state index in [1.165, 1.54) is 6.07 Å². The summed E-state index contributed by atoms with van der Waals surface area (Å²) in [6.45, 7) is 5.90. The van der Waals surface area contributed by atoms with Crippen LogP contribution in [0.3, 0.4) is 0 Å². The summed E-state index contributed by atoms with van der Waals surface area (Å²) in [5.74, 6) is 0.205. The van der Waals surface area contributed by atoms with Crippen molar-refractivity contribution in [2.45, 2.75) is 37.0 Å². The van der Waals surface area contributed by atoms with Crippen molar-refractivity contribution < 1.29 is 8.42 Å². The Labute approximate surface area is 108 Å². The number of rotatable bonds is 4. The quantitative estimate of drug-likeness (QED) is 0.859. The number of primary sulfonamides is 1. The van der Waals surface area contributed by atoms with Crippen molar-refractivity contribution in [3.63, 3.8) is 0 Å². The average molecular weight is 276 g/mol. The highest BCUT2D eigenvalue weighted by atomic mass is 35.5. The maximum absolute atomic E-state index is 11.5. The highest BCUT2D eigenvalue weighted by Crippen LogP contribution is 2.34. The molecule has 0 aromatic heterocycles. The van der Waals surface area contributed by atoms with Crippen LogP contribution in [0.1, 0.15) is 32.3 Å². The fourth-order valence-corrected chi connectivity index (χ4v) is 3.38. The first-order chi connectivity index (χ1) is 7.75. The molecule has 0 amide bonds. The van der Waals surface area contributed by atoms with Gasteiger partial charge >= 0.3 is 0 Å². The Kier molecular flexibility index (Phi) is 4.58. The third-order valence-corrected chi connectivity index (χ3v) is 4.05. The number of hydrogen-bond donors (Lipinski definition) is 1. The van der Waals surface area contributed by atoms with Gasteiger partial charge in [0.05, 0.1) is 4.90 Å². The van der Waals surface area contributed by atoms with E-state index in [0.29, 0.717) is 5.56 Å². The van der Waals surface area contributed by atoms with Crippen molar-refractivity contribution in [2.75, 3.05) is 0 Å². The Morgan fingerprint density at radius 3 is 2.12 bits per heavy atom. The minimum absolute atomic E-state index is 0.0359. The maximum atomic E-state index is 11.5. The van der Waals surface area contributed by atoms with Gasteiger partial charge < -0.3 is 0 Å². The van der Waals surface area contributed by atoms with Gasteiger partial charge in [0.15, 0.2) is 0 Å². The first-order valence-corrected chi connectivity index (χ1v) is 7.49. The minimum Gasteiger partial charge on any atom is -0.225 e. The second-order valence-corrected chi connectivity index (χ2v) is 6.75. The molecule has 0 saturated heterocycles. The van der Waals surface area contributed by atoms with Gasteiger partial charge in [0.2, 0.25) is 10.0 Å². The lowest BCUT2D eigenvalue weighted by molar-refractivity contribution is 0.482. The SMILES string of the molecule is CC(C)C(c1ccccc1S(N)(=O)=O)C(C)Cl. The molecule has 17 heavy (non-hydrogen) atoms. The second-order valence-electron chi connectivity index (χ2n) is 4.53. The number of sulfonamides is 1. The number of hydrogen-bond acceptors (Lipinski definition) is 2. The third kappa shape index (κ3) is 3.44. The van der Waals surface area contributed by atoms with Crippen LogP contribution in [0.2, 0.25) is 0 Å². The largest absolute Gasteiger partial charge is 0.238 e. The third-order valence-electron chi connectivity index (χ3n) is 2.80. The van der Waals surface area contributed by atoms with Crippen LogP contribution in [0.5, 0.6) is 0 Å². The van der Waals surface area contributed by atoms with E-state index in [9.17, 15) is 8.42 Å². The Bertz CT molecular complexity index is 475. The van der Waals surface area contributed by atoms with Crippen LogP contribution in [0.15, 0.2) is 29.2 Å². The van der Waals surface area contributed by atoms with Crippen molar-refractivity contribution in [1.29, 1.82) is 0 Å². The first kappa shape index (κ1) is 14.5.